The molecule has 11 heteroatoms. The molecule has 3 rings (SSSR count). The lowest BCUT2D eigenvalue weighted by atomic mass is 10.2. The van der Waals surface area contributed by atoms with E-state index in [-0.39, 0.29) is 26.9 Å². The maximum absolute atomic E-state index is 12.4. The molecule has 0 spiro atoms. The molecule has 0 aliphatic rings. The monoisotopic (exact) mass is 447 g/mol. The fourth-order valence-corrected chi connectivity index (χ4v) is 4.62. The van der Waals surface area contributed by atoms with Gasteiger partial charge in [-0.25, -0.2) is 16.8 Å². The highest BCUT2D eigenvalue weighted by Crippen LogP contribution is 2.22. The van der Waals surface area contributed by atoms with Crippen LogP contribution >= 0.6 is 0 Å². The molecule has 0 saturated carbocycles. The van der Waals surface area contributed by atoms with Gasteiger partial charge in [0.1, 0.15) is 0 Å². The third-order valence-corrected chi connectivity index (χ3v) is 6.87. The number of non-ortho nitro benzene ring substituents is 1. The number of nitro benzene ring substituents is 1. The van der Waals surface area contributed by atoms with Crippen LogP contribution < -0.4 is 9.44 Å². The van der Waals surface area contributed by atoms with Gasteiger partial charge in [-0.15, -0.1) is 0 Å². The predicted octanol–water partition coefficient (Wildman–Crippen LogP) is 3.50. The summed E-state index contributed by atoms with van der Waals surface area (Å²) < 4.78 is 54.4. The van der Waals surface area contributed by atoms with Crippen molar-refractivity contribution in [3.05, 3.63) is 88.5 Å². The number of rotatable bonds is 7. The largest absolute Gasteiger partial charge is 0.280 e. The summed E-state index contributed by atoms with van der Waals surface area (Å²) >= 11 is 0. The zero-order chi connectivity index (χ0) is 21.9. The molecule has 0 aliphatic carbocycles. The predicted molar refractivity (Wildman–Crippen MR) is 112 cm³/mol. The molecule has 2 N–H and O–H groups in total. The molecule has 0 fully saturated rings. The van der Waals surface area contributed by atoms with Crippen LogP contribution in [0.5, 0.6) is 0 Å². The molecule has 0 amide bonds. The molecule has 3 aromatic rings. The van der Waals surface area contributed by atoms with Crippen molar-refractivity contribution in [3.63, 3.8) is 0 Å². The van der Waals surface area contributed by atoms with Crippen LogP contribution in [0.4, 0.5) is 17.1 Å². The van der Waals surface area contributed by atoms with Gasteiger partial charge in [0.25, 0.3) is 25.7 Å². The lowest BCUT2D eigenvalue weighted by Gasteiger charge is -2.11. The van der Waals surface area contributed by atoms with Gasteiger partial charge in [0.2, 0.25) is 0 Å². The Bertz CT molecular complexity index is 1270. The molecular weight excluding hydrogens is 430 g/mol. The zero-order valence-electron chi connectivity index (χ0n) is 15.6. The summed E-state index contributed by atoms with van der Waals surface area (Å²) in [4.78, 5) is 10.0. The number of sulfonamides is 2. The van der Waals surface area contributed by atoms with Crippen molar-refractivity contribution >= 4 is 37.1 Å². The molecule has 0 bridgehead atoms. The van der Waals surface area contributed by atoms with Gasteiger partial charge in [-0.2, -0.15) is 0 Å². The molecule has 30 heavy (non-hydrogen) atoms. The summed E-state index contributed by atoms with van der Waals surface area (Å²) in [5, 5.41) is 10.7. The summed E-state index contributed by atoms with van der Waals surface area (Å²) in [5.74, 6) is 0. The summed E-state index contributed by atoms with van der Waals surface area (Å²) in [6.45, 7) is 1.85. The average molecular weight is 447 g/mol. The average Bonchev–Trinajstić information content (AvgIpc) is 2.69. The van der Waals surface area contributed by atoms with E-state index < -0.39 is 25.0 Å². The van der Waals surface area contributed by atoms with Crippen LogP contribution in [0.1, 0.15) is 5.56 Å². The van der Waals surface area contributed by atoms with E-state index in [1.165, 1.54) is 36.4 Å². The van der Waals surface area contributed by atoms with Gasteiger partial charge in [0, 0.05) is 23.5 Å². The van der Waals surface area contributed by atoms with Crippen molar-refractivity contribution in [2.75, 3.05) is 9.44 Å². The van der Waals surface area contributed by atoms with Crippen molar-refractivity contribution in [3.8, 4) is 0 Å². The second-order valence-corrected chi connectivity index (χ2v) is 9.72. The lowest BCUT2D eigenvalue weighted by molar-refractivity contribution is -0.384. The van der Waals surface area contributed by atoms with E-state index in [9.17, 15) is 26.9 Å². The smallest absolute Gasteiger partial charge is 0.269 e. The first-order chi connectivity index (χ1) is 14.1. The van der Waals surface area contributed by atoms with Crippen molar-refractivity contribution in [1.29, 1.82) is 0 Å². The van der Waals surface area contributed by atoms with Crippen LogP contribution in [-0.2, 0) is 20.0 Å². The van der Waals surface area contributed by atoms with E-state index in [2.05, 4.69) is 9.44 Å². The van der Waals surface area contributed by atoms with E-state index in [4.69, 9.17) is 0 Å². The second-order valence-electron chi connectivity index (χ2n) is 6.35. The number of anilines is 2. The highest BCUT2D eigenvalue weighted by Gasteiger charge is 2.17. The molecule has 0 unspecified atom stereocenters. The van der Waals surface area contributed by atoms with Gasteiger partial charge in [0.15, 0.2) is 0 Å². The molecular formula is C19H17N3O6S2. The van der Waals surface area contributed by atoms with Crippen LogP contribution in [0.3, 0.4) is 0 Å². The summed E-state index contributed by atoms with van der Waals surface area (Å²) in [6.07, 6.45) is 0. The first-order valence-corrected chi connectivity index (χ1v) is 11.5. The second kappa shape index (κ2) is 8.13. The van der Waals surface area contributed by atoms with Gasteiger partial charge < -0.3 is 0 Å². The number of benzene rings is 3. The SMILES string of the molecule is Cc1ccc(S(=O)(=O)Nc2ccc(NS(=O)(=O)c3ccc([N+](=O)[O-])cc3)cc2)cc1. The molecule has 9 nitrogen and oxygen atoms in total. The molecule has 0 aliphatic heterocycles. The quantitative estimate of drug-likeness (QED) is 0.420. The van der Waals surface area contributed by atoms with E-state index >= 15 is 0 Å². The normalized spacial score (nSPS) is 11.6. The number of nitrogens with zero attached hydrogens (tertiary/aromatic N) is 1. The Hall–Kier alpha value is -3.44. The molecule has 0 aromatic heterocycles. The fourth-order valence-electron chi connectivity index (χ4n) is 2.50. The number of hydrogen-bond donors (Lipinski definition) is 2. The Morgan fingerprint density at radius 2 is 1.03 bits per heavy atom. The maximum atomic E-state index is 12.4. The highest BCUT2D eigenvalue weighted by atomic mass is 32.2. The van der Waals surface area contributed by atoms with E-state index in [0.29, 0.717) is 0 Å². The lowest BCUT2D eigenvalue weighted by Crippen LogP contribution is -2.14. The third kappa shape index (κ3) is 4.93. The van der Waals surface area contributed by atoms with E-state index in [1.54, 1.807) is 12.1 Å². The maximum Gasteiger partial charge on any atom is 0.269 e. The van der Waals surface area contributed by atoms with Crippen LogP contribution in [0, 0.1) is 17.0 Å². The Balaban J connectivity index is 1.73. The first-order valence-electron chi connectivity index (χ1n) is 8.54. The van der Waals surface area contributed by atoms with E-state index in [1.807, 2.05) is 6.92 Å². The van der Waals surface area contributed by atoms with Gasteiger partial charge in [0.05, 0.1) is 14.7 Å². The Morgan fingerprint density at radius 3 is 1.40 bits per heavy atom. The van der Waals surface area contributed by atoms with Crippen LogP contribution in [0.15, 0.2) is 82.6 Å². The standard InChI is InChI=1S/C19H17N3O6S2/c1-14-2-10-18(11-3-14)29(25,26)20-15-4-6-16(7-5-15)21-30(27,28)19-12-8-17(9-13-19)22(23)24/h2-13,20-21H,1H3. The van der Waals surface area contributed by atoms with Crippen molar-refractivity contribution in [1.82, 2.24) is 0 Å². The van der Waals surface area contributed by atoms with Gasteiger partial charge >= 0.3 is 0 Å². The Labute approximate surface area is 173 Å². The minimum absolute atomic E-state index is 0.107. The van der Waals surface area contributed by atoms with Crippen LogP contribution in [-0.4, -0.2) is 21.8 Å². The van der Waals surface area contributed by atoms with Crippen LogP contribution in [0.2, 0.25) is 0 Å². The Kier molecular flexibility index (Phi) is 5.76. The third-order valence-electron chi connectivity index (χ3n) is 4.08. The van der Waals surface area contributed by atoms with Gasteiger partial charge in [-0.1, -0.05) is 17.7 Å². The van der Waals surface area contributed by atoms with Crippen molar-refractivity contribution < 1.29 is 21.8 Å². The van der Waals surface area contributed by atoms with Gasteiger partial charge in [-0.05, 0) is 55.5 Å². The topological polar surface area (TPSA) is 135 Å². The number of nitrogens with one attached hydrogen (secondary N) is 2. The van der Waals surface area contributed by atoms with Crippen LogP contribution in [0.25, 0.3) is 0 Å². The number of hydrogen-bond acceptors (Lipinski definition) is 6. The minimum Gasteiger partial charge on any atom is -0.280 e. The summed E-state index contributed by atoms with van der Waals surface area (Å²) in [6, 6.07) is 16.4. The molecule has 0 saturated heterocycles. The molecule has 0 heterocycles. The number of nitro groups is 1. The summed E-state index contributed by atoms with van der Waals surface area (Å²) in [7, 11) is -7.74. The Morgan fingerprint density at radius 1 is 0.667 bits per heavy atom. The first kappa shape index (κ1) is 21.3. The molecule has 0 atom stereocenters. The fraction of sp³-hybridized carbons (Fsp3) is 0.0526. The van der Waals surface area contributed by atoms with Gasteiger partial charge in [-0.3, -0.25) is 19.6 Å². The zero-order valence-corrected chi connectivity index (χ0v) is 17.3. The summed E-state index contributed by atoms with van der Waals surface area (Å²) in [5.41, 5.74) is 1.17. The molecule has 156 valence electrons. The minimum atomic E-state index is -3.96. The van der Waals surface area contributed by atoms with Crippen molar-refractivity contribution in [2.45, 2.75) is 16.7 Å². The number of aryl methyl sites for hydroxylation is 1. The van der Waals surface area contributed by atoms with Crippen molar-refractivity contribution in [2.24, 2.45) is 0 Å². The molecule has 0 radical (unpaired) electrons. The highest BCUT2D eigenvalue weighted by molar-refractivity contribution is 7.93. The van der Waals surface area contributed by atoms with E-state index in [0.717, 1.165) is 29.8 Å². The molecule has 3 aromatic carbocycles.